The first-order chi connectivity index (χ1) is 8.79. The van der Waals surface area contributed by atoms with Crippen molar-refractivity contribution >= 4 is 24.5 Å². The first kappa shape index (κ1) is 13.0. The number of nitrogens with one attached hydrogen (secondary N) is 1. The summed E-state index contributed by atoms with van der Waals surface area (Å²) in [7, 11) is 2.03. The number of amides is 2. The minimum absolute atomic E-state index is 0.0325. The Balaban J connectivity index is 1.96. The number of carbonyl (C=O) groups excluding carboxylic acids is 1. The van der Waals surface area contributed by atoms with Crippen LogP contribution in [0.4, 0.5) is 10.5 Å². The molecule has 0 atom stereocenters. The van der Waals surface area contributed by atoms with Gasteiger partial charge in [0, 0.05) is 18.8 Å². The third-order valence-electron chi connectivity index (χ3n) is 3.36. The van der Waals surface area contributed by atoms with Crippen LogP contribution in [0, 0.1) is 0 Å². The molecule has 0 unspecified atom stereocenters. The lowest BCUT2D eigenvalue weighted by molar-refractivity contribution is 0.214. The predicted octanol–water partition coefficient (Wildman–Crippen LogP) is 2.47. The van der Waals surface area contributed by atoms with Crippen molar-refractivity contribution in [2.45, 2.75) is 32.5 Å². The van der Waals surface area contributed by atoms with E-state index in [2.05, 4.69) is 5.32 Å². The van der Waals surface area contributed by atoms with Crippen LogP contribution in [0.2, 0.25) is 6.82 Å². The molecular weight excluding hydrogens is 223 g/mol. The zero-order chi connectivity index (χ0) is 12.8. The van der Waals surface area contributed by atoms with E-state index in [-0.39, 0.29) is 6.03 Å². The Bertz CT molecular complexity index is 401. The van der Waals surface area contributed by atoms with Crippen LogP contribution in [0.25, 0.3) is 0 Å². The molecule has 4 heteroatoms. The molecule has 1 fully saturated rings. The maximum absolute atomic E-state index is 12.1. The molecule has 95 valence electrons. The van der Waals surface area contributed by atoms with Gasteiger partial charge in [-0.15, -0.1) is 0 Å². The summed E-state index contributed by atoms with van der Waals surface area (Å²) in [5, 5.41) is 2.98. The molecule has 2 amide bonds. The minimum atomic E-state index is 0.0325. The Labute approximate surface area is 110 Å². The average Bonchev–Trinajstić information content (AvgIpc) is 2.68. The van der Waals surface area contributed by atoms with Crippen LogP contribution in [0.5, 0.6) is 0 Å². The molecule has 1 N–H and O–H groups in total. The summed E-state index contributed by atoms with van der Waals surface area (Å²) in [6, 6.07) is 7.96. The maximum atomic E-state index is 12.1. The first-order valence-corrected chi connectivity index (χ1v) is 6.75. The number of anilines is 1. The number of hydrogen-bond donors (Lipinski definition) is 1. The van der Waals surface area contributed by atoms with Gasteiger partial charge in [0.1, 0.15) is 7.28 Å². The fraction of sp³-hybridized carbons (Fsp3) is 0.500. The third kappa shape index (κ3) is 3.52. The van der Waals surface area contributed by atoms with Gasteiger partial charge < -0.3 is 10.2 Å². The van der Waals surface area contributed by atoms with E-state index in [1.165, 1.54) is 12.8 Å². The lowest BCUT2D eigenvalue weighted by atomic mass is 9.73. The maximum Gasteiger partial charge on any atom is 0.321 e. The number of carbonyl (C=O) groups is 1. The lowest BCUT2D eigenvalue weighted by Crippen LogP contribution is -2.35. The molecule has 1 aromatic rings. The molecule has 1 saturated heterocycles. The monoisotopic (exact) mass is 243 g/mol. The number of nitrogens with zero attached hydrogens (tertiary/aromatic N) is 1. The molecule has 2 rings (SSSR count). The van der Waals surface area contributed by atoms with Crippen molar-refractivity contribution in [2.75, 3.05) is 18.4 Å². The van der Waals surface area contributed by atoms with Gasteiger partial charge in [0.15, 0.2) is 0 Å². The van der Waals surface area contributed by atoms with Crippen LogP contribution >= 0.6 is 0 Å². The van der Waals surface area contributed by atoms with E-state index in [1.54, 1.807) is 0 Å². The fourth-order valence-electron chi connectivity index (χ4n) is 2.27. The zero-order valence-corrected chi connectivity index (χ0v) is 11.0. The molecule has 3 nitrogen and oxygen atoms in total. The molecule has 0 spiro atoms. The molecule has 0 aromatic heterocycles. The fourth-order valence-corrected chi connectivity index (χ4v) is 2.27. The van der Waals surface area contributed by atoms with Crippen LogP contribution in [0.3, 0.4) is 0 Å². The number of rotatable bonds is 2. The van der Waals surface area contributed by atoms with Gasteiger partial charge in [0.25, 0.3) is 0 Å². The normalized spacial score (nSPS) is 15.9. The summed E-state index contributed by atoms with van der Waals surface area (Å²) in [5.74, 6) is 0. The largest absolute Gasteiger partial charge is 0.325 e. The van der Waals surface area contributed by atoms with E-state index in [0.717, 1.165) is 37.1 Å². The van der Waals surface area contributed by atoms with Gasteiger partial charge in [0.2, 0.25) is 0 Å². The van der Waals surface area contributed by atoms with Crippen molar-refractivity contribution in [2.24, 2.45) is 0 Å². The van der Waals surface area contributed by atoms with Crippen molar-refractivity contribution in [1.82, 2.24) is 4.90 Å². The molecule has 0 aliphatic carbocycles. The predicted molar refractivity (Wildman–Crippen MR) is 76.8 cm³/mol. The highest BCUT2D eigenvalue weighted by Gasteiger charge is 2.15. The van der Waals surface area contributed by atoms with E-state index in [0.29, 0.717) is 0 Å². The summed E-state index contributed by atoms with van der Waals surface area (Å²) in [5.41, 5.74) is 2.00. The highest BCUT2D eigenvalue weighted by atomic mass is 16.2. The van der Waals surface area contributed by atoms with E-state index >= 15 is 0 Å². The third-order valence-corrected chi connectivity index (χ3v) is 3.36. The molecule has 1 heterocycles. The molecule has 1 aliphatic rings. The molecular formula is C14H20BN2O. The van der Waals surface area contributed by atoms with Gasteiger partial charge >= 0.3 is 6.03 Å². The highest BCUT2D eigenvalue weighted by Crippen LogP contribution is 2.12. The van der Waals surface area contributed by atoms with Gasteiger partial charge in [0.05, 0.1) is 0 Å². The van der Waals surface area contributed by atoms with Crippen LogP contribution in [-0.4, -0.2) is 31.3 Å². The van der Waals surface area contributed by atoms with Crippen LogP contribution in [0.1, 0.15) is 25.7 Å². The molecule has 0 saturated carbocycles. The van der Waals surface area contributed by atoms with E-state index in [4.69, 9.17) is 0 Å². The molecule has 1 aromatic carbocycles. The summed E-state index contributed by atoms with van der Waals surface area (Å²) in [4.78, 5) is 14.1. The average molecular weight is 243 g/mol. The number of benzene rings is 1. The van der Waals surface area contributed by atoms with Crippen molar-refractivity contribution in [3.05, 3.63) is 24.3 Å². The van der Waals surface area contributed by atoms with Gasteiger partial charge in [-0.25, -0.2) is 4.79 Å². The summed E-state index contributed by atoms with van der Waals surface area (Å²) >= 11 is 0. The lowest BCUT2D eigenvalue weighted by Gasteiger charge is -2.20. The Hall–Kier alpha value is -1.45. The van der Waals surface area contributed by atoms with Crippen LogP contribution < -0.4 is 10.8 Å². The van der Waals surface area contributed by atoms with Crippen molar-refractivity contribution in [3.8, 4) is 0 Å². The second-order valence-corrected chi connectivity index (χ2v) is 4.75. The molecule has 18 heavy (non-hydrogen) atoms. The van der Waals surface area contributed by atoms with Crippen molar-refractivity contribution < 1.29 is 4.79 Å². The second-order valence-electron chi connectivity index (χ2n) is 4.75. The van der Waals surface area contributed by atoms with E-state index < -0.39 is 0 Å². The number of urea groups is 1. The van der Waals surface area contributed by atoms with Gasteiger partial charge in [-0.1, -0.05) is 37.3 Å². The topological polar surface area (TPSA) is 32.3 Å². The Morgan fingerprint density at radius 3 is 2.61 bits per heavy atom. The molecule has 0 bridgehead atoms. The minimum Gasteiger partial charge on any atom is -0.325 e. The Morgan fingerprint density at radius 2 is 1.94 bits per heavy atom. The summed E-state index contributed by atoms with van der Waals surface area (Å²) < 4.78 is 0. The Kier molecular flexibility index (Phi) is 4.68. The van der Waals surface area contributed by atoms with E-state index in [1.807, 2.05) is 43.3 Å². The second kappa shape index (κ2) is 6.48. The molecule has 1 aliphatic heterocycles. The van der Waals surface area contributed by atoms with Gasteiger partial charge in [-0.3, -0.25) is 0 Å². The van der Waals surface area contributed by atoms with Crippen molar-refractivity contribution in [3.63, 3.8) is 0 Å². The number of hydrogen-bond acceptors (Lipinski definition) is 1. The quantitative estimate of drug-likeness (QED) is 0.795. The smallest absolute Gasteiger partial charge is 0.321 e. The molecule has 1 radical (unpaired) electrons. The highest BCUT2D eigenvalue weighted by molar-refractivity contribution is 6.52. The van der Waals surface area contributed by atoms with Crippen LogP contribution in [0.15, 0.2) is 24.3 Å². The standard InChI is InChI=1S/C14H20BN2O/c1-15-12-7-6-8-13(11-12)16-14(18)17-9-4-2-3-5-10-17/h6-8,11H,2-5,9-10H2,1H3,(H,16,18). The van der Waals surface area contributed by atoms with Crippen molar-refractivity contribution in [1.29, 1.82) is 0 Å². The van der Waals surface area contributed by atoms with Gasteiger partial charge in [-0.2, -0.15) is 0 Å². The number of likely N-dealkylation sites (tertiary alicyclic amines) is 1. The van der Waals surface area contributed by atoms with Gasteiger partial charge in [-0.05, 0) is 25.0 Å². The van der Waals surface area contributed by atoms with Crippen LogP contribution in [-0.2, 0) is 0 Å². The SMILES string of the molecule is C[B]c1cccc(NC(=O)N2CCCCCC2)c1. The summed E-state index contributed by atoms with van der Waals surface area (Å²) in [6.45, 7) is 3.76. The zero-order valence-electron chi connectivity index (χ0n) is 11.0. The summed E-state index contributed by atoms with van der Waals surface area (Å²) in [6.07, 6.45) is 4.72. The Morgan fingerprint density at radius 1 is 1.22 bits per heavy atom. The van der Waals surface area contributed by atoms with E-state index in [9.17, 15) is 4.79 Å². The first-order valence-electron chi connectivity index (χ1n) is 6.75.